The van der Waals surface area contributed by atoms with E-state index in [0.29, 0.717) is 5.92 Å². The summed E-state index contributed by atoms with van der Waals surface area (Å²) in [5.41, 5.74) is 0.925. The van der Waals surface area contributed by atoms with E-state index in [4.69, 9.17) is 0 Å². The van der Waals surface area contributed by atoms with Crippen molar-refractivity contribution in [2.45, 2.75) is 19.8 Å². The second-order valence-corrected chi connectivity index (χ2v) is 3.16. The fourth-order valence-electron chi connectivity index (χ4n) is 1.13. The lowest BCUT2D eigenvalue weighted by molar-refractivity contribution is 0.781. The molecule has 12 heavy (non-hydrogen) atoms. The molecule has 2 heterocycles. The van der Waals surface area contributed by atoms with Crippen LogP contribution in [0.15, 0.2) is 18.5 Å². The van der Waals surface area contributed by atoms with Gasteiger partial charge in [0.05, 0.1) is 0 Å². The molecule has 1 N–H and O–H groups in total. The van der Waals surface area contributed by atoms with Crippen molar-refractivity contribution in [3.05, 3.63) is 24.3 Å². The molecule has 0 aliphatic carbocycles. The molecule has 0 amide bonds. The van der Waals surface area contributed by atoms with Crippen LogP contribution < -0.4 is 0 Å². The monoisotopic (exact) mass is 161 g/mol. The first-order chi connectivity index (χ1) is 5.77. The first-order valence-electron chi connectivity index (χ1n) is 4.07. The Morgan fingerprint density at radius 1 is 1.42 bits per heavy atom. The van der Waals surface area contributed by atoms with Gasteiger partial charge in [0.15, 0.2) is 0 Å². The first kappa shape index (κ1) is 7.28. The van der Waals surface area contributed by atoms with Crippen molar-refractivity contribution in [1.82, 2.24) is 15.0 Å². The number of hydrogen-bond acceptors (Lipinski definition) is 2. The maximum atomic E-state index is 4.37. The van der Waals surface area contributed by atoms with E-state index in [1.165, 1.54) is 0 Å². The van der Waals surface area contributed by atoms with Crippen LogP contribution in [0.3, 0.4) is 0 Å². The first-order valence-corrected chi connectivity index (χ1v) is 4.07. The minimum Gasteiger partial charge on any atom is -0.346 e. The maximum absolute atomic E-state index is 4.37. The highest BCUT2D eigenvalue weighted by atomic mass is 14.9. The second kappa shape index (κ2) is 2.59. The van der Waals surface area contributed by atoms with Crippen molar-refractivity contribution in [2.24, 2.45) is 0 Å². The average molecular weight is 161 g/mol. The van der Waals surface area contributed by atoms with Gasteiger partial charge >= 0.3 is 0 Å². The molecule has 0 aliphatic heterocycles. The number of fused-ring (bicyclic) bond motifs is 1. The van der Waals surface area contributed by atoms with Crippen LogP contribution in [0, 0.1) is 0 Å². The molecule has 2 aromatic heterocycles. The van der Waals surface area contributed by atoms with Gasteiger partial charge in [0.25, 0.3) is 0 Å². The lowest BCUT2D eigenvalue weighted by Crippen LogP contribution is -1.96. The predicted octanol–water partition coefficient (Wildman–Crippen LogP) is 2.08. The predicted molar refractivity (Wildman–Crippen MR) is 48.0 cm³/mol. The van der Waals surface area contributed by atoms with Gasteiger partial charge in [-0.15, -0.1) is 0 Å². The Labute approximate surface area is 70.9 Å². The topological polar surface area (TPSA) is 41.6 Å². The summed E-state index contributed by atoms with van der Waals surface area (Å²) in [4.78, 5) is 11.7. The molecule has 3 nitrogen and oxygen atoms in total. The van der Waals surface area contributed by atoms with Gasteiger partial charge in [-0.3, -0.25) is 0 Å². The number of nitrogens with one attached hydrogen (secondary N) is 1. The fourth-order valence-corrected chi connectivity index (χ4v) is 1.13. The van der Waals surface area contributed by atoms with Crippen molar-refractivity contribution < 1.29 is 0 Å². The third-order valence-corrected chi connectivity index (χ3v) is 1.84. The zero-order valence-corrected chi connectivity index (χ0v) is 7.20. The molecule has 0 unspecified atom stereocenters. The summed E-state index contributed by atoms with van der Waals surface area (Å²) in [5, 5.41) is 1.07. The zero-order valence-electron chi connectivity index (χ0n) is 7.20. The van der Waals surface area contributed by atoms with E-state index in [-0.39, 0.29) is 0 Å². The Bertz CT molecular complexity index is 389. The zero-order chi connectivity index (χ0) is 8.55. The third kappa shape index (κ3) is 1.07. The van der Waals surface area contributed by atoms with Gasteiger partial charge in [0.1, 0.15) is 11.5 Å². The number of aromatic nitrogens is 3. The molecule has 0 saturated heterocycles. The maximum Gasteiger partial charge on any atom is 0.141 e. The summed E-state index contributed by atoms with van der Waals surface area (Å²) in [6, 6.07) is 1.97. The molecule has 0 saturated carbocycles. The summed E-state index contributed by atoms with van der Waals surface area (Å²) >= 11 is 0. The highest BCUT2D eigenvalue weighted by Crippen LogP contribution is 2.12. The van der Waals surface area contributed by atoms with Crippen molar-refractivity contribution in [1.29, 1.82) is 0 Å². The molecule has 62 valence electrons. The lowest BCUT2D eigenvalue weighted by atomic mass is 10.2. The SMILES string of the molecule is CC(C)c1ncc2cc[nH]c2n1. The third-order valence-electron chi connectivity index (χ3n) is 1.84. The quantitative estimate of drug-likeness (QED) is 0.695. The Balaban J connectivity index is 2.60. The van der Waals surface area contributed by atoms with E-state index >= 15 is 0 Å². The molecular formula is C9H11N3. The van der Waals surface area contributed by atoms with Gasteiger partial charge in [-0.2, -0.15) is 0 Å². The molecule has 0 spiro atoms. The summed E-state index contributed by atoms with van der Waals surface area (Å²) in [5.74, 6) is 1.28. The highest BCUT2D eigenvalue weighted by Gasteiger charge is 2.03. The summed E-state index contributed by atoms with van der Waals surface area (Å²) in [6.07, 6.45) is 3.73. The van der Waals surface area contributed by atoms with Crippen molar-refractivity contribution >= 4 is 11.0 Å². The molecule has 3 heteroatoms. The number of nitrogens with zero attached hydrogens (tertiary/aromatic N) is 2. The van der Waals surface area contributed by atoms with Gasteiger partial charge in [0.2, 0.25) is 0 Å². The van der Waals surface area contributed by atoms with Crippen LogP contribution in [0.5, 0.6) is 0 Å². The largest absolute Gasteiger partial charge is 0.346 e. The number of hydrogen-bond donors (Lipinski definition) is 1. The molecule has 2 rings (SSSR count). The molecule has 0 fully saturated rings. The van der Waals surface area contributed by atoms with Gasteiger partial charge < -0.3 is 4.98 Å². The van der Waals surface area contributed by atoms with Crippen LogP contribution in [-0.4, -0.2) is 15.0 Å². The summed E-state index contributed by atoms with van der Waals surface area (Å²) in [7, 11) is 0. The molecule has 0 aliphatic rings. The number of rotatable bonds is 1. The number of aromatic amines is 1. The smallest absolute Gasteiger partial charge is 0.141 e. The summed E-state index contributed by atoms with van der Waals surface area (Å²) < 4.78 is 0. The standard InChI is InChI=1S/C9H11N3/c1-6(2)8-11-5-7-3-4-10-9(7)12-8/h3-6H,1-2H3,(H,10,11,12). The van der Waals surface area contributed by atoms with E-state index < -0.39 is 0 Å². The van der Waals surface area contributed by atoms with E-state index in [9.17, 15) is 0 Å². The van der Waals surface area contributed by atoms with Crippen LogP contribution in [-0.2, 0) is 0 Å². The van der Waals surface area contributed by atoms with Crippen molar-refractivity contribution in [3.63, 3.8) is 0 Å². The lowest BCUT2D eigenvalue weighted by Gasteiger charge is -2.01. The summed E-state index contributed by atoms with van der Waals surface area (Å²) in [6.45, 7) is 4.17. The molecule has 2 aromatic rings. The van der Waals surface area contributed by atoms with Gasteiger partial charge in [-0.25, -0.2) is 9.97 Å². The minimum absolute atomic E-state index is 0.387. The molecule has 0 bridgehead atoms. The van der Waals surface area contributed by atoms with E-state index in [1.54, 1.807) is 0 Å². The molecule has 0 radical (unpaired) electrons. The molecule has 0 aromatic carbocycles. The van der Waals surface area contributed by atoms with Crippen molar-refractivity contribution in [2.75, 3.05) is 0 Å². The van der Waals surface area contributed by atoms with E-state index in [1.807, 2.05) is 18.5 Å². The molecular weight excluding hydrogens is 150 g/mol. The molecule has 0 atom stereocenters. The van der Waals surface area contributed by atoms with Gasteiger partial charge in [0, 0.05) is 23.7 Å². The Kier molecular flexibility index (Phi) is 1.57. The highest BCUT2D eigenvalue weighted by molar-refractivity contribution is 5.73. The van der Waals surface area contributed by atoms with Crippen molar-refractivity contribution in [3.8, 4) is 0 Å². The minimum atomic E-state index is 0.387. The Morgan fingerprint density at radius 3 is 3.00 bits per heavy atom. The van der Waals surface area contributed by atoms with Crippen LogP contribution in [0.1, 0.15) is 25.6 Å². The fraction of sp³-hybridized carbons (Fsp3) is 0.333. The van der Waals surface area contributed by atoms with Crippen LogP contribution in [0.2, 0.25) is 0 Å². The Hall–Kier alpha value is -1.38. The normalized spacial score (nSPS) is 11.2. The average Bonchev–Trinajstić information content (AvgIpc) is 2.49. The van der Waals surface area contributed by atoms with Gasteiger partial charge in [-0.05, 0) is 6.07 Å². The van der Waals surface area contributed by atoms with Crippen LogP contribution in [0.4, 0.5) is 0 Å². The van der Waals surface area contributed by atoms with Crippen LogP contribution in [0.25, 0.3) is 11.0 Å². The van der Waals surface area contributed by atoms with Gasteiger partial charge in [-0.1, -0.05) is 13.8 Å². The van der Waals surface area contributed by atoms with E-state index in [2.05, 4.69) is 28.8 Å². The second-order valence-electron chi connectivity index (χ2n) is 3.16. The van der Waals surface area contributed by atoms with Crippen LogP contribution >= 0.6 is 0 Å². The van der Waals surface area contributed by atoms with E-state index in [0.717, 1.165) is 16.9 Å². The Morgan fingerprint density at radius 2 is 2.25 bits per heavy atom. The number of H-pyrrole nitrogens is 1.